The van der Waals surface area contributed by atoms with Crippen LogP contribution < -0.4 is 5.32 Å². The molecule has 1 N–H and O–H groups in total. The van der Waals surface area contributed by atoms with Gasteiger partial charge in [-0.05, 0) is 30.5 Å². The quantitative estimate of drug-likeness (QED) is 0.681. The number of hydrogen-bond acceptors (Lipinski definition) is 5. The van der Waals surface area contributed by atoms with Crippen molar-refractivity contribution in [1.82, 2.24) is 14.6 Å². The first kappa shape index (κ1) is 21.4. The van der Waals surface area contributed by atoms with Gasteiger partial charge in [0.15, 0.2) is 0 Å². The van der Waals surface area contributed by atoms with E-state index >= 15 is 0 Å². The highest BCUT2D eigenvalue weighted by Gasteiger charge is 2.19. The lowest BCUT2D eigenvalue weighted by atomic mass is 10.0. The van der Waals surface area contributed by atoms with E-state index in [1.807, 2.05) is 30.3 Å². The third kappa shape index (κ3) is 5.79. The lowest BCUT2D eigenvalue weighted by Gasteiger charge is -2.16. The third-order valence-electron chi connectivity index (χ3n) is 4.11. The molecule has 146 valence electrons. The number of sulfonamides is 1. The van der Waals surface area contributed by atoms with Crippen LogP contribution >= 0.6 is 11.8 Å². The van der Waals surface area contributed by atoms with Crippen molar-refractivity contribution in [3.05, 3.63) is 54.2 Å². The smallest absolute Gasteiger partial charge is 0.244 e. The largest absolute Gasteiger partial charge is 0.355 e. The van der Waals surface area contributed by atoms with E-state index < -0.39 is 10.0 Å². The van der Waals surface area contributed by atoms with E-state index in [1.165, 1.54) is 43.7 Å². The van der Waals surface area contributed by atoms with Gasteiger partial charge in [0.2, 0.25) is 15.9 Å². The van der Waals surface area contributed by atoms with Gasteiger partial charge in [-0.3, -0.25) is 4.79 Å². The van der Waals surface area contributed by atoms with Gasteiger partial charge in [0.25, 0.3) is 0 Å². The Kier molecular flexibility index (Phi) is 7.41. The highest BCUT2D eigenvalue weighted by Crippen LogP contribution is 2.23. The Morgan fingerprint density at radius 2 is 1.81 bits per heavy atom. The molecule has 2 rings (SSSR count). The van der Waals surface area contributed by atoms with Crippen molar-refractivity contribution in [2.45, 2.75) is 34.9 Å². The second-order valence-corrected chi connectivity index (χ2v) is 9.95. The molecule has 0 aliphatic heterocycles. The molecular formula is C19H25N3O3S2. The van der Waals surface area contributed by atoms with Gasteiger partial charge in [-0.15, -0.1) is 0 Å². The van der Waals surface area contributed by atoms with Crippen molar-refractivity contribution in [2.24, 2.45) is 0 Å². The van der Waals surface area contributed by atoms with Crippen LogP contribution in [0.4, 0.5) is 0 Å². The monoisotopic (exact) mass is 407 g/mol. The number of amides is 1. The summed E-state index contributed by atoms with van der Waals surface area (Å²) in [7, 11) is -0.555. The van der Waals surface area contributed by atoms with Gasteiger partial charge >= 0.3 is 0 Å². The lowest BCUT2D eigenvalue weighted by Crippen LogP contribution is -2.33. The average Bonchev–Trinajstić information content (AvgIpc) is 2.66. The molecule has 1 heterocycles. The summed E-state index contributed by atoms with van der Waals surface area (Å²) in [6.07, 6.45) is 1.32. The Bertz CT molecular complexity index is 854. The fourth-order valence-electron chi connectivity index (χ4n) is 2.33. The topological polar surface area (TPSA) is 79.4 Å². The molecule has 0 spiro atoms. The number of nitrogens with zero attached hydrogens (tertiary/aromatic N) is 2. The fraction of sp³-hybridized carbons (Fsp3) is 0.368. The number of pyridine rings is 1. The Morgan fingerprint density at radius 1 is 1.15 bits per heavy atom. The second kappa shape index (κ2) is 9.34. The minimum atomic E-state index is -3.50. The Labute approximate surface area is 165 Å². The summed E-state index contributed by atoms with van der Waals surface area (Å²) in [6.45, 7) is 4.43. The van der Waals surface area contributed by atoms with E-state index in [0.29, 0.717) is 11.6 Å². The fourth-order valence-corrected chi connectivity index (χ4v) is 3.99. The number of thioether (sulfide) groups is 1. The minimum Gasteiger partial charge on any atom is -0.355 e. The van der Waals surface area contributed by atoms with Crippen LogP contribution in [0.15, 0.2) is 58.6 Å². The van der Waals surface area contributed by atoms with Crippen LogP contribution in [0.25, 0.3) is 0 Å². The minimum absolute atomic E-state index is 0.0745. The molecule has 0 aliphatic rings. The van der Waals surface area contributed by atoms with Crippen molar-refractivity contribution in [2.75, 3.05) is 20.6 Å². The van der Waals surface area contributed by atoms with Crippen LogP contribution in [0.2, 0.25) is 0 Å². The number of benzene rings is 1. The predicted molar refractivity (Wildman–Crippen MR) is 108 cm³/mol. The highest BCUT2D eigenvalue weighted by atomic mass is 32.2. The van der Waals surface area contributed by atoms with Crippen molar-refractivity contribution in [3.8, 4) is 0 Å². The number of rotatable bonds is 8. The number of aromatic nitrogens is 1. The van der Waals surface area contributed by atoms with Crippen LogP contribution in [-0.2, 0) is 14.8 Å². The first-order valence-corrected chi connectivity index (χ1v) is 10.9. The maximum absolute atomic E-state index is 12.3. The van der Waals surface area contributed by atoms with Crippen molar-refractivity contribution in [3.63, 3.8) is 0 Å². The zero-order chi connectivity index (χ0) is 20.0. The summed E-state index contributed by atoms with van der Waals surface area (Å²) in [6, 6.07) is 13.2. The van der Waals surface area contributed by atoms with Gasteiger partial charge in [0, 0.05) is 26.8 Å². The molecule has 6 nitrogen and oxygen atoms in total. The third-order valence-corrected chi connectivity index (χ3v) is 6.95. The zero-order valence-electron chi connectivity index (χ0n) is 15.9. The number of hydrogen-bond donors (Lipinski definition) is 1. The van der Waals surface area contributed by atoms with E-state index in [0.717, 1.165) is 4.31 Å². The highest BCUT2D eigenvalue weighted by molar-refractivity contribution is 8.00. The molecule has 0 fully saturated rings. The van der Waals surface area contributed by atoms with E-state index in [1.54, 1.807) is 13.0 Å². The molecule has 0 bridgehead atoms. The van der Waals surface area contributed by atoms with E-state index in [9.17, 15) is 13.2 Å². The van der Waals surface area contributed by atoms with Crippen LogP contribution in [0.1, 0.15) is 25.3 Å². The van der Waals surface area contributed by atoms with Gasteiger partial charge in [-0.25, -0.2) is 17.7 Å². The number of carbonyl (C=O) groups is 1. The van der Waals surface area contributed by atoms with Gasteiger partial charge < -0.3 is 5.32 Å². The Morgan fingerprint density at radius 3 is 2.37 bits per heavy atom. The molecule has 0 saturated carbocycles. The zero-order valence-corrected chi connectivity index (χ0v) is 17.5. The van der Waals surface area contributed by atoms with Crippen molar-refractivity contribution < 1.29 is 13.2 Å². The summed E-state index contributed by atoms with van der Waals surface area (Å²) in [5, 5.41) is 3.23. The Hall–Kier alpha value is -1.90. The summed E-state index contributed by atoms with van der Waals surface area (Å²) in [4.78, 5) is 16.6. The molecule has 0 radical (unpaired) electrons. The maximum atomic E-state index is 12.3. The average molecular weight is 408 g/mol. The first-order chi connectivity index (χ1) is 12.7. The molecule has 27 heavy (non-hydrogen) atoms. The van der Waals surface area contributed by atoms with E-state index in [4.69, 9.17) is 0 Å². The lowest BCUT2D eigenvalue weighted by molar-refractivity contribution is -0.120. The molecule has 2 atom stereocenters. The molecule has 0 aliphatic carbocycles. The molecule has 1 aromatic heterocycles. The second-order valence-electron chi connectivity index (χ2n) is 6.44. The summed E-state index contributed by atoms with van der Waals surface area (Å²) < 4.78 is 25.2. The molecule has 0 unspecified atom stereocenters. The standard InChI is InChI=1S/C19H25N3O3S2/c1-14(16-8-6-5-7-9-16)12-21-19(23)15(2)26-18-11-10-17(13-20-18)27(24,25)22(3)4/h5-11,13-15H,12H2,1-4H3,(H,21,23)/t14-,15-/m1/s1. The SMILES string of the molecule is C[C@H](CNC(=O)[C@@H](C)Sc1ccc(S(=O)(=O)N(C)C)cn1)c1ccccc1. The number of nitrogens with one attached hydrogen (secondary N) is 1. The van der Waals surface area contributed by atoms with Crippen molar-refractivity contribution >= 4 is 27.7 Å². The van der Waals surface area contributed by atoms with Crippen LogP contribution in [0.5, 0.6) is 0 Å². The summed E-state index contributed by atoms with van der Waals surface area (Å²) in [5.74, 6) is 0.149. The normalized spacial score (nSPS) is 14.0. The molecule has 1 aromatic carbocycles. The van der Waals surface area contributed by atoms with Crippen LogP contribution in [-0.4, -0.2) is 49.5 Å². The van der Waals surface area contributed by atoms with Crippen molar-refractivity contribution in [1.29, 1.82) is 0 Å². The van der Waals surface area contributed by atoms with Crippen LogP contribution in [0, 0.1) is 0 Å². The van der Waals surface area contributed by atoms with Gasteiger partial charge in [-0.2, -0.15) is 0 Å². The summed E-state index contributed by atoms with van der Waals surface area (Å²) in [5.41, 5.74) is 1.18. The predicted octanol–water partition coefficient (Wildman–Crippen LogP) is 2.73. The number of carbonyl (C=O) groups excluding carboxylic acids is 1. The van der Waals surface area contributed by atoms with Gasteiger partial charge in [0.1, 0.15) is 4.90 Å². The van der Waals surface area contributed by atoms with E-state index in [-0.39, 0.29) is 22.0 Å². The molecular weight excluding hydrogens is 382 g/mol. The van der Waals surface area contributed by atoms with Gasteiger partial charge in [0.05, 0.1) is 10.3 Å². The molecule has 1 amide bonds. The van der Waals surface area contributed by atoms with E-state index in [2.05, 4.69) is 17.2 Å². The first-order valence-electron chi connectivity index (χ1n) is 8.59. The summed E-state index contributed by atoms with van der Waals surface area (Å²) >= 11 is 1.30. The molecule has 8 heteroatoms. The maximum Gasteiger partial charge on any atom is 0.244 e. The molecule has 0 saturated heterocycles. The van der Waals surface area contributed by atoms with Gasteiger partial charge in [-0.1, -0.05) is 49.0 Å². The van der Waals surface area contributed by atoms with Crippen LogP contribution in [0.3, 0.4) is 0 Å². The Balaban J connectivity index is 1.90. The molecule has 2 aromatic rings.